The highest BCUT2D eigenvalue weighted by Crippen LogP contribution is 2.25. The second-order valence-corrected chi connectivity index (χ2v) is 7.23. The molecule has 2 aliphatic rings. The van der Waals surface area contributed by atoms with Crippen LogP contribution in [0.5, 0.6) is 0 Å². The van der Waals surface area contributed by atoms with Gasteiger partial charge < -0.3 is 9.80 Å². The maximum atomic E-state index is 12.8. The summed E-state index contributed by atoms with van der Waals surface area (Å²) in [4.78, 5) is 23.6. The maximum Gasteiger partial charge on any atom is 0.225 e. The molecule has 7 heteroatoms. The van der Waals surface area contributed by atoms with Gasteiger partial charge in [-0.05, 0) is 38.8 Å². The Kier molecular flexibility index (Phi) is 7.24. The number of piperazine rings is 1. The summed E-state index contributed by atoms with van der Waals surface area (Å²) in [5, 5.41) is 8.99. The number of anilines is 1. The van der Waals surface area contributed by atoms with E-state index in [1.165, 1.54) is 0 Å². The Morgan fingerprint density at radius 1 is 1.19 bits per heavy atom. The lowest BCUT2D eigenvalue weighted by atomic mass is 9.94. The number of amides is 1. The van der Waals surface area contributed by atoms with Crippen LogP contribution >= 0.6 is 12.4 Å². The zero-order valence-electron chi connectivity index (χ0n) is 15.6. The average Bonchev–Trinajstić information content (AvgIpc) is 2.67. The van der Waals surface area contributed by atoms with Crippen molar-refractivity contribution < 1.29 is 4.79 Å². The molecular formula is C19H28ClN5O. The third kappa shape index (κ3) is 4.66. The number of carbonyl (C=O) groups excluding carboxylic acids is 1. The Bertz CT molecular complexity index is 644. The van der Waals surface area contributed by atoms with E-state index in [2.05, 4.69) is 39.6 Å². The van der Waals surface area contributed by atoms with E-state index in [1.54, 1.807) is 6.20 Å². The standard InChI is InChI=1S/C19H27N5O.ClH/c1-15(2)22-9-11-24(12-10-22)19(25)16-4-7-23(8-5-16)18-3-6-21-17(13-18)14-20;/h3,6,13,15-16H,4-5,7-12H2,1-2H3;1H. The van der Waals surface area contributed by atoms with Gasteiger partial charge in [-0.3, -0.25) is 9.69 Å². The molecule has 0 saturated carbocycles. The molecule has 0 aromatic carbocycles. The molecule has 0 atom stereocenters. The number of halogens is 1. The van der Waals surface area contributed by atoms with Gasteiger partial charge in [0.05, 0.1) is 0 Å². The molecule has 3 rings (SSSR count). The van der Waals surface area contributed by atoms with Crippen LogP contribution in [0.1, 0.15) is 32.4 Å². The van der Waals surface area contributed by atoms with Crippen molar-refractivity contribution in [2.45, 2.75) is 32.7 Å². The lowest BCUT2D eigenvalue weighted by Gasteiger charge is -2.40. The third-order valence-corrected chi connectivity index (χ3v) is 5.42. The monoisotopic (exact) mass is 377 g/mol. The quantitative estimate of drug-likeness (QED) is 0.807. The molecule has 2 saturated heterocycles. The van der Waals surface area contributed by atoms with Crippen LogP contribution in [0.25, 0.3) is 0 Å². The van der Waals surface area contributed by atoms with E-state index in [4.69, 9.17) is 5.26 Å². The molecule has 6 nitrogen and oxygen atoms in total. The van der Waals surface area contributed by atoms with E-state index in [1.807, 2.05) is 12.1 Å². The van der Waals surface area contributed by atoms with Gasteiger partial charge in [-0.2, -0.15) is 5.26 Å². The first-order valence-electron chi connectivity index (χ1n) is 9.22. The van der Waals surface area contributed by atoms with E-state index in [0.717, 1.165) is 57.8 Å². The van der Waals surface area contributed by atoms with Crippen molar-refractivity contribution in [3.63, 3.8) is 0 Å². The molecule has 1 amide bonds. The fraction of sp³-hybridized carbons (Fsp3) is 0.632. The van der Waals surface area contributed by atoms with Gasteiger partial charge >= 0.3 is 0 Å². The molecule has 0 N–H and O–H groups in total. The van der Waals surface area contributed by atoms with Gasteiger partial charge in [0.2, 0.25) is 5.91 Å². The minimum absolute atomic E-state index is 0. The SMILES string of the molecule is CC(C)N1CCN(C(=O)C2CCN(c3ccnc(C#N)c3)CC2)CC1.Cl. The summed E-state index contributed by atoms with van der Waals surface area (Å²) in [5.74, 6) is 0.467. The maximum absolute atomic E-state index is 12.8. The van der Waals surface area contributed by atoms with Crippen LogP contribution < -0.4 is 4.90 Å². The second kappa shape index (κ2) is 9.20. The van der Waals surface area contributed by atoms with E-state index in [9.17, 15) is 4.79 Å². The van der Waals surface area contributed by atoms with Gasteiger partial charge in [0.25, 0.3) is 0 Å². The van der Waals surface area contributed by atoms with Crippen LogP contribution in [-0.4, -0.2) is 66.0 Å². The van der Waals surface area contributed by atoms with Crippen LogP contribution in [0, 0.1) is 17.2 Å². The van der Waals surface area contributed by atoms with Crippen molar-refractivity contribution in [1.29, 1.82) is 5.26 Å². The number of piperidine rings is 1. The number of nitrogens with zero attached hydrogens (tertiary/aromatic N) is 5. The number of hydrogen-bond donors (Lipinski definition) is 0. The first-order valence-corrected chi connectivity index (χ1v) is 9.22. The first kappa shape index (κ1) is 20.5. The molecule has 2 aliphatic heterocycles. The summed E-state index contributed by atoms with van der Waals surface area (Å²) in [5.41, 5.74) is 1.47. The second-order valence-electron chi connectivity index (χ2n) is 7.23. The van der Waals surface area contributed by atoms with E-state index in [-0.39, 0.29) is 18.3 Å². The summed E-state index contributed by atoms with van der Waals surface area (Å²) in [6, 6.07) is 6.41. The molecule has 0 aliphatic carbocycles. The third-order valence-electron chi connectivity index (χ3n) is 5.42. The molecule has 142 valence electrons. The van der Waals surface area contributed by atoms with E-state index in [0.29, 0.717) is 17.6 Å². The molecule has 0 unspecified atom stereocenters. The van der Waals surface area contributed by atoms with Gasteiger partial charge in [-0.25, -0.2) is 4.98 Å². The Morgan fingerprint density at radius 3 is 2.42 bits per heavy atom. The minimum atomic E-state index is 0. The molecule has 0 spiro atoms. The molecule has 1 aromatic heterocycles. The molecule has 3 heterocycles. The Morgan fingerprint density at radius 2 is 1.85 bits per heavy atom. The van der Waals surface area contributed by atoms with Gasteiger partial charge in [0, 0.05) is 63.1 Å². The van der Waals surface area contributed by atoms with Crippen LogP contribution in [0.15, 0.2) is 18.3 Å². The fourth-order valence-corrected chi connectivity index (χ4v) is 3.78. The Hall–Kier alpha value is -1.84. The van der Waals surface area contributed by atoms with Crippen molar-refractivity contribution in [2.75, 3.05) is 44.2 Å². The highest BCUT2D eigenvalue weighted by molar-refractivity contribution is 5.85. The van der Waals surface area contributed by atoms with Gasteiger partial charge in [-0.15, -0.1) is 12.4 Å². The van der Waals surface area contributed by atoms with Crippen molar-refractivity contribution in [3.8, 4) is 6.07 Å². The van der Waals surface area contributed by atoms with Gasteiger partial charge in [0.15, 0.2) is 0 Å². The largest absolute Gasteiger partial charge is 0.371 e. The van der Waals surface area contributed by atoms with Gasteiger partial charge in [-0.1, -0.05) is 0 Å². The summed E-state index contributed by atoms with van der Waals surface area (Å²) < 4.78 is 0. The van der Waals surface area contributed by atoms with E-state index >= 15 is 0 Å². The van der Waals surface area contributed by atoms with Crippen LogP contribution in [0.4, 0.5) is 5.69 Å². The fourth-order valence-electron chi connectivity index (χ4n) is 3.78. The Balaban J connectivity index is 0.00000243. The molecule has 0 radical (unpaired) electrons. The molecule has 0 bridgehead atoms. The number of nitriles is 1. The molecule has 1 aromatic rings. The van der Waals surface area contributed by atoms with Crippen molar-refractivity contribution in [3.05, 3.63) is 24.0 Å². The zero-order valence-corrected chi connectivity index (χ0v) is 16.4. The molecule has 26 heavy (non-hydrogen) atoms. The van der Waals surface area contributed by atoms with Crippen LogP contribution in [0.3, 0.4) is 0 Å². The highest BCUT2D eigenvalue weighted by atomic mass is 35.5. The van der Waals surface area contributed by atoms with E-state index < -0.39 is 0 Å². The number of pyridine rings is 1. The summed E-state index contributed by atoms with van der Waals surface area (Å²) >= 11 is 0. The summed E-state index contributed by atoms with van der Waals surface area (Å²) in [6.45, 7) is 9.81. The summed E-state index contributed by atoms with van der Waals surface area (Å²) in [6.07, 6.45) is 3.44. The minimum Gasteiger partial charge on any atom is -0.371 e. The number of rotatable bonds is 3. The smallest absolute Gasteiger partial charge is 0.225 e. The average molecular weight is 378 g/mol. The lowest BCUT2D eigenvalue weighted by molar-refractivity contribution is -0.138. The predicted molar refractivity (Wildman–Crippen MR) is 104 cm³/mol. The first-order chi connectivity index (χ1) is 12.1. The highest BCUT2D eigenvalue weighted by Gasteiger charge is 2.30. The van der Waals surface area contributed by atoms with Crippen molar-refractivity contribution >= 4 is 24.0 Å². The van der Waals surface area contributed by atoms with Crippen LogP contribution in [-0.2, 0) is 4.79 Å². The summed E-state index contributed by atoms with van der Waals surface area (Å²) in [7, 11) is 0. The predicted octanol–water partition coefficient (Wildman–Crippen LogP) is 2.14. The number of aromatic nitrogens is 1. The van der Waals surface area contributed by atoms with Crippen LogP contribution in [0.2, 0.25) is 0 Å². The Labute approximate surface area is 162 Å². The number of carbonyl (C=O) groups is 1. The topological polar surface area (TPSA) is 63.5 Å². The lowest BCUT2D eigenvalue weighted by Crippen LogP contribution is -2.53. The van der Waals surface area contributed by atoms with Crippen molar-refractivity contribution in [2.24, 2.45) is 5.92 Å². The zero-order chi connectivity index (χ0) is 17.8. The van der Waals surface area contributed by atoms with Crippen molar-refractivity contribution in [1.82, 2.24) is 14.8 Å². The van der Waals surface area contributed by atoms with Gasteiger partial charge in [0.1, 0.15) is 11.8 Å². The normalized spacial score (nSPS) is 19.2. The molecular weight excluding hydrogens is 350 g/mol. The number of hydrogen-bond acceptors (Lipinski definition) is 5. The molecule has 2 fully saturated rings.